The molecule has 0 bridgehead atoms. The van der Waals surface area contributed by atoms with Crippen LogP contribution in [0.25, 0.3) is 0 Å². The highest BCUT2D eigenvalue weighted by Gasteiger charge is 2.10. The van der Waals surface area contributed by atoms with Gasteiger partial charge in [-0.3, -0.25) is 4.99 Å². The molecule has 0 aliphatic rings. The van der Waals surface area contributed by atoms with E-state index in [2.05, 4.69) is 60.4 Å². The van der Waals surface area contributed by atoms with Crippen molar-refractivity contribution in [1.29, 1.82) is 0 Å². The van der Waals surface area contributed by atoms with Crippen molar-refractivity contribution in [3.63, 3.8) is 0 Å². The van der Waals surface area contributed by atoms with E-state index < -0.39 is 0 Å². The van der Waals surface area contributed by atoms with E-state index in [9.17, 15) is 0 Å². The first-order valence-corrected chi connectivity index (χ1v) is 11.5. The molecule has 2 atom stereocenters. The van der Waals surface area contributed by atoms with Crippen LogP contribution in [-0.2, 0) is 0 Å². The Morgan fingerprint density at radius 2 is 1.93 bits per heavy atom. The number of ether oxygens (including phenoxy) is 1. The Balaban J connectivity index is 2.30. The second kappa shape index (κ2) is 14.6. The molecule has 0 saturated heterocycles. The molecule has 0 amide bonds. The summed E-state index contributed by atoms with van der Waals surface area (Å²) in [6, 6.07) is 8.61. The van der Waals surface area contributed by atoms with Crippen molar-refractivity contribution in [2.24, 2.45) is 10.9 Å². The molecule has 2 N–H and O–H groups in total. The Morgan fingerprint density at radius 3 is 2.57 bits per heavy atom. The summed E-state index contributed by atoms with van der Waals surface area (Å²) >= 11 is 1.84. The van der Waals surface area contributed by atoms with Crippen LogP contribution in [-0.4, -0.2) is 63.0 Å². The van der Waals surface area contributed by atoms with Crippen molar-refractivity contribution in [2.75, 3.05) is 46.1 Å². The van der Waals surface area contributed by atoms with E-state index in [-0.39, 0.29) is 0 Å². The predicted molar refractivity (Wildman–Crippen MR) is 124 cm³/mol. The summed E-state index contributed by atoms with van der Waals surface area (Å²) in [5.74, 6) is 3.39. The molecular formula is C22H40N4OS. The minimum atomic E-state index is 0.417. The molecule has 6 heteroatoms. The predicted octanol–water partition coefficient (Wildman–Crippen LogP) is 4.10. The summed E-state index contributed by atoms with van der Waals surface area (Å²) in [5.41, 5.74) is 0. The van der Waals surface area contributed by atoms with Crippen molar-refractivity contribution in [3.8, 4) is 5.75 Å². The molecule has 0 spiro atoms. The molecule has 0 heterocycles. The van der Waals surface area contributed by atoms with Gasteiger partial charge in [0.15, 0.2) is 5.96 Å². The highest BCUT2D eigenvalue weighted by molar-refractivity contribution is 7.99. The maximum absolute atomic E-state index is 5.43. The van der Waals surface area contributed by atoms with Crippen LogP contribution in [0.5, 0.6) is 5.75 Å². The molecule has 5 nitrogen and oxygen atoms in total. The monoisotopic (exact) mass is 408 g/mol. The number of aliphatic imine (C=N–C) groups is 1. The molecule has 0 fully saturated rings. The van der Waals surface area contributed by atoms with Crippen LogP contribution in [0, 0.1) is 5.92 Å². The van der Waals surface area contributed by atoms with Gasteiger partial charge in [-0.2, -0.15) is 0 Å². The maximum atomic E-state index is 5.43. The Hall–Kier alpha value is -1.40. The Morgan fingerprint density at radius 1 is 1.21 bits per heavy atom. The van der Waals surface area contributed by atoms with E-state index >= 15 is 0 Å². The van der Waals surface area contributed by atoms with Gasteiger partial charge in [-0.25, -0.2) is 0 Å². The van der Waals surface area contributed by atoms with Crippen molar-refractivity contribution in [2.45, 2.75) is 51.5 Å². The van der Waals surface area contributed by atoms with Gasteiger partial charge in [-0.15, -0.1) is 11.8 Å². The lowest BCUT2D eigenvalue weighted by Crippen LogP contribution is -2.44. The molecule has 0 aromatic heterocycles. The number of methoxy groups -OCH3 is 1. The standard InChI is InChI=1S/C22H40N4OS/c1-7-26(8-2)15-11-12-19(4)25-22(23-5)24-16-18(3)17-28-21-14-10-9-13-20(21)27-6/h9-10,13-14,18-19H,7-8,11-12,15-17H2,1-6H3,(H2,23,24,25). The summed E-state index contributed by atoms with van der Waals surface area (Å²) in [7, 11) is 3.56. The number of para-hydroxylation sites is 1. The molecule has 1 aromatic carbocycles. The smallest absolute Gasteiger partial charge is 0.191 e. The van der Waals surface area contributed by atoms with Crippen LogP contribution >= 0.6 is 11.8 Å². The van der Waals surface area contributed by atoms with Crippen LogP contribution < -0.4 is 15.4 Å². The third kappa shape index (κ3) is 9.69. The largest absolute Gasteiger partial charge is 0.496 e. The van der Waals surface area contributed by atoms with Gasteiger partial charge in [-0.1, -0.05) is 32.9 Å². The van der Waals surface area contributed by atoms with E-state index in [0.717, 1.165) is 43.5 Å². The third-order valence-corrected chi connectivity index (χ3v) is 6.21. The summed E-state index contributed by atoms with van der Waals surface area (Å²) in [6.45, 7) is 13.3. The Kier molecular flexibility index (Phi) is 12.8. The van der Waals surface area contributed by atoms with Crippen LogP contribution in [0.1, 0.15) is 40.5 Å². The van der Waals surface area contributed by atoms with Gasteiger partial charge >= 0.3 is 0 Å². The van der Waals surface area contributed by atoms with Crippen LogP contribution in [0.15, 0.2) is 34.2 Å². The molecule has 1 rings (SSSR count). The van der Waals surface area contributed by atoms with E-state index in [1.54, 1.807) is 7.11 Å². The normalized spacial score (nSPS) is 14.0. The average Bonchev–Trinajstić information content (AvgIpc) is 2.72. The number of rotatable bonds is 13. The maximum Gasteiger partial charge on any atom is 0.191 e. The minimum absolute atomic E-state index is 0.417. The highest BCUT2D eigenvalue weighted by Crippen LogP contribution is 2.29. The number of guanidine groups is 1. The zero-order chi connectivity index (χ0) is 20.8. The molecule has 160 valence electrons. The topological polar surface area (TPSA) is 48.9 Å². The van der Waals surface area contributed by atoms with E-state index in [1.807, 2.05) is 30.9 Å². The number of hydrogen-bond acceptors (Lipinski definition) is 4. The number of benzene rings is 1. The van der Waals surface area contributed by atoms with Crippen LogP contribution in [0.4, 0.5) is 0 Å². The number of hydrogen-bond donors (Lipinski definition) is 2. The Labute approximate surface area is 176 Å². The van der Waals surface area contributed by atoms with Crippen molar-refractivity contribution in [3.05, 3.63) is 24.3 Å². The summed E-state index contributed by atoms with van der Waals surface area (Å²) < 4.78 is 5.43. The van der Waals surface area contributed by atoms with Crippen LogP contribution in [0.3, 0.4) is 0 Å². The van der Waals surface area contributed by atoms with E-state index in [4.69, 9.17) is 4.74 Å². The SMILES string of the molecule is CCN(CC)CCCC(C)NC(=NC)NCC(C)CSc1ccccc1OC. The lowest BCUT2D eigenvalue weighted by Gasteiger charge is -2.22. The Bertz CT molecular complexity index is 563. The van der Waals surface area contributed by atoms with Crippen molar-refractivity contribution < 1.29 is 4.74 Å². The molecule has 28 heavy (non-hydrogen) atoms. The van der Waals surface area contributed by atoms with Gasteiger partial charge in [-0.05, 0) is 57.5 Å². The van der Waals surface area contributed by atoms with Gasteiger partial charge < -0.3 is 20.3 Å². The second-order valence-electron chi connectivity index (χ2n) is 7.23. The fraction of sp³-hybridized carbons (Fsp3) is 0.682. The first kappa shape index (κ1) is 24.6. The highest BCUT2D eigenvalue weighted by atomic mass is 32.2. The molecule has 0 aliphatic carbocycles. The lowest BCUT2D eigenvalue weighted by atomic mass is 10.2. The first-order valence-electron chi connectivity index (χ1n) is 10.5. The van der Waals surface area contributed by atoms with Crippen molar-refractivity contribution >= 4 is 17.7 Å². The average molecular weight is 409 g/mol. The molecule has 1 aromatic rings. The third-order valence-electron chi connectivity index (χ3n) is 4.82. The molecule has 0 radical (unpaired) electrons. The van der Waals surface area contributed by atoms with Crippen LogP contribution in [0.2, 0.25) is 0 Å². The quantitative estimate of drug-likeness (QED) is 0.292. The number of nitrogens with one attached hydrogen (secondary N) is 2. The fourth-order valence-electron chi connectivity index (χ4n) is 2.96. The van der Waals surface area contributed by atoms with Gasteiger partial charge in [0.05, 0.1) is 7.11 Å². The molecular weight excluding hydrogens is 368 g/mol. The summed E-state index contributed by atoms with van der Waals surface area (Å²) in [5, 5.41) is 6.99. The molecule has 0 aliphatic heterocycles. The summed E-state index contributed by atoms with van der Waals surface area (Å²) in [4.78, 5) is 8.05. The van der Waals surface area contributed by atoms with Crippen molar-refractivity contribution in [1.82, 2.24) is 15.5 Å². The number of nitrogens with zero attached hydrogens (tertiary/aromatic N) is 2. The van der Waals surface area contributed by atoms with Gasteiger partial charge in [0.2, 0.25) is 0 Å². The fourth-order valence-corrected chi connectivity index (χ4v) is 4.01. The first-order chi connectivity index (χ1) is 13.5. The van der Waals surface area contributed by atoms with Gasteiger partial charge in [0, 0.05) is 30.3 Å². The van der Waals surface area contributed by atoms with Gasteiger partial charge in [0.1, 0.15) is 5.75 Å². The molecule has 2 unspecified atom stereocenters. The molecule has 0 saturated carbocycles. The summed E-state index contributed by atoms with van der Waals surface area (Å²) in [6.07, 6.45) is 2.36. The zero-order valence-electron chi connectivity index (χ0n) is 18.6. The minimum Gasteiger partial charge on any atom is -0.496 e. The lowest BCUT2D eigenvalue weighted by molar-refractivity contribution is 0.292. The van der Waals surface area contributed by atoms with E-state index in [1.165, 1.54) is 17.9 Å². The number of thioether (sulfide) groups is 1. The zero-order valence-corrected chi connectivity index (χ0v) is 19.4. The van der Waals surface area contributed by atoms with E-state index in [0.29, 0.717) is 12.0 Å². The second-order valence-corrected chi connectivity index (χ2v) is 8.30. The van der Waals surface area contributed by atoms with Gasteiger partial charge in [0.25, 0.3) is 0 Å².